The lowest BCUT2D eigenvalue weighted by Gasteiger charge is -2.16. The first-order chi connectivity index (χ1) is 16.2. The summed E-state index contributed by atoms with van der Waals surface area (Å²) >= 11 is 0. The number of rotatable bonds is 7. The standard InChI is InChI=1S/C23H17FN2O8/c1-32-22(28)16-7-4-8-19(20(16)23(29)33-2)34-18-10-9-14(24)12-17(18)25-21(27)13-5-3-6-15(11-13)26(30)31/h3-12H,1-2H3,(H,25,27). The Balaban J connectivity index is 2.00. The smallest absolute Gasteiger partial charge is 0.342 e. The van der Waals surface area contributed by atoms with Gasteiger partial charge in [0.25, 0.3) is 11.6 Å². The lowest BCUT2D eigenvalue weighted by atomic mass is 10.1. The fraction of sp³-hybridized carbons (Fsp3) is 0.0870. The molecular weight excluding hydrogens is 451 g/mol. The number of benzene rings is 3. The molecule has 0 fully saturated rings. The average molecular weight is 468 g/mol. The van der Waals surface area contributed by atoms with Crippen LogP contribution in [0.4, 0.5) is 15.8 Å². The van der Waals surface area contributed by atoms with Gasteiger partial charge in [0.2, 0.25) is 0 Å². The van der Waals surface area contributed by atoms with Crippen molar-refractivity contribution >= 4 is 29.2 Å². The topological polar surface area (TPSA) is 134 Å². The van der Waals surface area contributed by atoms with Crippen molar-refractivity contribution in [2.24, 2.45) is 0 Å². The van der Waals surface area contributed by atoms with Crippen LogP contribution in [0.1, 0.15) is 31.1 Å². The van der Waals surface area contributed by atoms with E-state index >= 15 is 0 Å². The fourth-order valence-electron chi connectivity index (χ4n) is 2.97. The number of hydrogen-bond donors (Lipinski definition) is 1. The van der Waals surface area contributed by atoms with Crippen molar-refractivity contribution in [1.82, 2.24) is 0 Å². The Bertz CT molecular complexity index is 1290. The number of nitrogens with zero attached hydrogens (tertiary/aromatic N) is 1. The number of amides is 1. The van der Waals surface area contributed by atoms with Gasteiger partial charge in [-0.25, -0.2) is 14.0 Å². The van der Waals surface area contributed by atoms with E-state index in [1.54, 1.807) is 0 Å². The highest BCUT2D eigenvalue weighted by Gasteiger charge is 2.24. The third kappa shape index (κ3) is 5.15. The molecule has 0 saturated heterocycles. The number of halogens is 1. The molecule has 10 nitrogen and oxygen atoms in total. The van der Waals surface area contributed by atoms with E-state index in [-0.39, 0.29) is 39.6 Å². The molecule has 0 bridgehead atoms. The number of ether oxygens (including phenoxy) is 3. The second-order valence-corrected chi connectivity index (χ2v) is 6.67. The predicted molar refractivity (Wildman–Crippen MR) is 117 cm³/mol. The summed E-state index contributed by atoms with van der Waals surface area (Å²) in [7, 11) is 2.25. The first kappa shape index (κ1) is 23.9. The molecule has 0 aliphatic heterocycles. The van der Waals surface area contributed by atoms with Gasteiger partial charge in [-0.1, -0.05) is 12.1 Å². The van der Waals surface area contributed by atoms with E-state index in [0.717, 1.165) is 32.4 Å². The third-order valence-corrected chi connectivity index (χ3v) is 4.55. The molecular formula is C23H17FN2O8. The molecule has 0 aliphatic rings. The van der Waals surface area contributed by atoms with E-state index in [1.807, 2.05) is 0 Å². The summed E-state index contributed by atoms with van der Waals surface area (Å²) in [5, 5.41) is 13.4. The molecule has 0 spiro atoms. The van der Waals surface area contributed by atoms with Gasteiger partial charge >= 0.3 is 11.9 Å². The summed E-state index contributed by atoms with van der Waals surface area (Å²) < 4.78 is 29.1. The Morgan fingerprint density at radius 2 is 1.62 bits per heavy atom. The molecule has 0 aromatic heterocycles. The summed E-state index contributed by atoms with van der Waals surface area (Å²) in [5.74, 6) is -3.38. The average Bonchev–Trinajstić information content (AvgIpc) is 2.84. The normalized spacial score (nSPS) is 10.2. The molecule has 3 rings (SSSR count). The van der Waals surface area contributed by atoms with Crippen molar-refractivity contribution in [2.45, 2.75) is 0 Å². The first-order valence-corrected chi connectivity index (χ1v) is 9.58. The maximum absolute atomic E-state index is 14.0. The SMILES string of the molecule is COC(=O)c1cccc(Oc2ccc(F)cc2NC(=O)c2cccc([N+](=O)[O-])c2)c1C(=O)OC. The fourth-order valence-corrected chi connectivity index (χ4v) is 2.97. The summed E-state index contributed by atoms with van der Waals surface area (Å²) in [4.78, 5) is 47.5. The predicted octanol–water partition coefficient (Wildman–Crippen LogP) is 4.35. The highest BCUT2D eigenvalue weighted by atomic mass is 19.1. The van der Waals surface area contributed by atoms with Crippen LogP contribution in [0.2, 0.25) is 0 Å². The number of anilines is 1. The van der Waals surface area contributed by atoms with Gasteiger partial charge in [0.15, 0.2) is 5.75 Å². The van der Waals surface area contributed by atoms with Crippen molar-refractivity contribution in [3.63, 3.8) is 0 Å². The van der Waals surface area contributed by atoms with Crippen LogP contribution in [-0.4, -0.2) is 37.0 Å². The van der Waals surface area contributed by atoms with Crippen molar-refractivity contribution < 1.29 is 37.9 Å². The molecule has 0 unspecified atom stereocenters. The van der Waals surface area contributed by atoms with E-state index < -0.39 is 28.6 Å². The maximum atomic E-state index is 14.0. The highest BCUT2D eigenvalue weighted by molar-refractivity contribution is 6.06. The van der Waals surface area contributed by atoms with Crippen LogP contribution < -0.4 is 10.1 Å². The Hall–Kier alpha value is -4.80. The third-order valence-electron chi connectivity index (χ3n) is 4.55. The minimum Gasteiger partial charge on any atom is -0.465 e. The summed E-state index contributed by atoms with van der Waals surface area (Å²) in [5.41, 5.74) is -0.845. The van der Waals surface area contributed by atoms with Gasteiger partial charge in [-0.2, -0.15) is 0 Å². The second-order valence-electron chi connectivity index (χ2n) is 6.67. The van der Waals surface area contributed by atoms with E-state index in [0.29, 0.717) is 0 Å². The summed E-state index contributed by atoms with van der Waals surface area (Å²) in [6.07, 6.45) is 0. The zero-order valence-corrected chi connectivity index (χ0v) is 17.9. The van der Waals surface area contributed by atoms with Gasteiger partial charge in [0.1, 0.15) is 17.1 Å². The van der Waals surface area contributed by atoms with Crippen LogP contribution in [0.5, 0.6) is 11.5 Å². The van der Waals surface area contributed by atoms with Crippen LogP contribution in [0, 0.1) is 15.9 Å². The number of esters is 2. The number of hydrogen-bond acceptors (Lipinski definition) is 8. The number of methoxy groups -OCH3 is 2. The van der Waals surface area contributed by atoms with E-state index in [1.165, 1.54) is 42.5 Å². The zero-order chi connectivity index (χ0) is 24.8. The van der Waals surface area contributed by atoms with Gasteiger partial charge in [0, 0.05) is 23.8 Å². The second kappa shape index (κ2) is 10.2. The Kier molecular flexibility index (Phi) is 7.16. The molecule has 174 valence electrons. The Labute approximate surface area is 192 Å². The molecule has 0 saturated carbocycles. The molecule has 0 radical (unpaired) electrons. The Morgan fingerprint density at radius 1 is 0.912 bits per heavy atom. The van der Waals surface area contributed by atoms with Gasteiger partial charge in [-0.3, -0.25) is 14.9 Å². The quantitative estimate of drug-likeness (QED) is 0.307. The van der Waals surface area contributed by atoms with E-state index in [4.69, 9.17) is 9.47 Å². The number of carbonyl (C=O) groups is 3. The van der Waals surface area contributed by atoms with E-state index in [9.17, 15) is 28.9 Å². The van der Waals surface area contributed by atoms with Crippen LogP contribution >= 0.6 is 0 Å². The number of nitrogens with one attached hydrogen (secondary N) is 1. The maximum Gasteiger partial charge on any atom is 0.342 e. The van der Waals surface area contributed by atoms with Crippen molar-refractivity contribution in [3.8, 4) is 11.5 Å². The largest absolute Gasteiger partial charge is 0.465 e. The van der Waals surface area contributed by atoms with Crippen molar-refractivity contribution in [3.05, 3.63) is 93.3 Å². The highest BCUT2D eigenvalue weighted by Crippen LogP contribution is 2.34. The molecule has 11 heteroatoms. The van der Waals surface area contributed by atoms with Crippen molar-refractivity contribution in [1.29, 1.82) is 0 Å². The number of non-ortho nitro benzene ring substituents is 1. The lowest BCUT2D eigenvalue weighted by Crippen LogP contribution is -2.14. The molecule has 0 heterocycles. The molecule has 0 aliphatic carbocycles. The van der Waals surface area contributed by atoms with Crippen molar-refractivity contribution in [2.75, 3.05) is 19.5 Å². The summed E-state index contributed by atoms with van der Waals surface area (Å²) in [6, 6.07) is 12.3. The first-order valence-electron chi connectivity index (χ1n) is 9.58. The van der Waals surface area contributed by atoms with Gasteiger partial charge < -0.3 is 19.5 Å². The molecule has 1 amide bonds. The molecule has 34 heavy (non-hydrogen) atoms. The summed E-state index contributed by atoms with van der Waals surface area (Å²) in [6.45, 7) is 0. The van der Waals surface area contributed by atoms with Gasteiger partial charge in [0.05, 0.1) is 30.4 Å². The minimum atomic E-state index is -0.889. The van der Waals surface area contributed by atoms with Crippen LogP contribution in [0.25, 0.3) is 0 Å². The Morgan fingerprint density at radius 3 is 2.29 bits per heavy atom. The number of nitro benzene ring substituents is 1. The molecule has 0 atom stereocenters. The van der Waals surface area contributed by atoms with Gasteiger partial charge in [-0.05, 0) is 30.3 Å². The number of carbonyl (C=O) groups excluding carboxylic acids is 3. The molecule has 3 aromatic carbocycles. The van der Waals surface area contributed by atoms with Crippen LogP contribution in [0.3, 0.4) is 0 Å². The van der Waals surface area contributed by atoms with Crippen LogP contribution in [-0.2, 0) is 9.47 Å². The van der Waals surface area contributed by atoms with Gasteiger partial charge in [-0.15, -0.1) is 0 Å². The lowest BCUT2D eigenvalue weighted by molar-refractivity contribution is -0.384. The number of nitro groups is 1. The van der Waals surface area contributed by atoms with Crippen LogP contribution in [0.15, 0.2) is 60.7 Å². The molecule has 1 N–H and O–H groups in total. The molecule has 3 aromatic rings. The monoisotopic (exact) mass is 468 g/mol. The minimum absolute atomic E-state index is 0.0488. The van der Waals surface area contributed by atoms with E-state index in [2.05, 4.69) is 10.1 Å². The zero-order valence-electron chi connectivity index (χ0n) is 17.9.